The molecule has 52 valence electrons. The van der Waals surface area contributed by atoms with Gasteiger partial charge in [-0.1, -0.05) is 20.8 Å². The van der Waals surface area contributed by atoms with Crippen LogP contribution in [0.2, 0.25) is 0 Å². The van der Waals surface area contributed by atoms with E-state index in [-0.39, 0.29) is 0 Å². The monoisotopic (exact) mass is 124 g/mol. The molecular formula is C9H16. The Kier molecular flexibility index (Phi) is 5.35. The molecule has 0 aromatic rings. The van der Waals surface area contributed by atoms with Gasteiger partial charge >= 0.3 is 0 Å². The van der Waals surface area contributed by atoms with E-state index in [1.54, 1.807) is 0 Å². The van der Waals surface area contributed by atoms with Gasteiger partial charge in [-0.2, -0.15) is 0 Å². The van der Waals surface area contributed by atoms with Gasteiger partial charge in [-0.3, -0.25) is 0 Å². The molecule has 0 heteroatoms. The molecule has 0 bridgehead atoms. The largest absolute Gasteiger partial charge is 0.126 e. The second kappa shape index (κ2) is 5.65. The number of hydrogen-bond acceptors (Lipinski definition) is 0. The maximum atomic E-state index is 3.26. The Morgan fingerprint density at radius 1 is 1.22 bits per heavy atom. The molecule has 0 aromatic heterocycles. The van der Waals surface area contributed by atoms with Crippen molar-refractivity contribution in [1.82, 2.24) is 0 Å². The van der Waals surface area contributed by atoms with Crippen molar-refractivity contribution < 1.29 is 0 Å². The highest BCUT2D eigenvalue weighted by atomic mass is 13.9. The zero-order chi connectivity index (χ0) is 7.11. The first-order valence-electron chi connectivity index (χ1n) is 3.78. The molecule has 0 nitrogen and oxygen atoms in total. The maximum absolute atomic E-state index is 3.26. The minimum Gasteiger partial charge on any atom is -0.126 e. The molecule has 0 atom stereocenters. The average Bonchev–Trinajstić information content (AvgIpc) is 1.91. The van der Waals surface area contributed by atoms with E-state index >= 15 is 0 Å². The van der Waals surface area contributed by atoms with E-state index in [4.69, 9.17) is 0 Å². The van der Waals surface area contributed by atoms with Gasteiger partial charge in [0.1, 0.15) is 0 Å². The second-order valence-corrected chi connectivity index (χ2v) is 2.07. The van der Waals surface area contributed by atoms with Gasteiger partial charge in [0.15, 0.2) is 0 Å². The van der Waals surface area contributed by atoms with E-state index < -0.39 is 0 Å². The van der Waals surface area contributed by atoms with Crippen molar-refractivity contribution >= 4 is 0 Å². The van der Waals surface area contributed by atoms with E-state index in [2.05, 4.69) is 32.6 Å². The summed E-state index contributed by atoms with van der Waals surface area (Å²) in [5, 5.41) is 0. The molecule has 0 fully saturated rings. The summed E-state index contributed by atoms with van der Waals surface area (Å²) in [6.45, 7) is 6.49. The summed E-state index contributed by atoms with van der Waals surface area (Å²) in [4.78, 5) is 0. The van der Waals surface area contributed by atoms with Crippen LogP contribution in [0.4, 0.5) is 0 Å². The number of hydrogen-bond donors (Lipinski definition) is 0. The van der Waals surface area contributed by atoms with Crippen LogP contribution < -0.4 is 0 Å². The van der Waals surface area contributed by atoms with Crippen molar-refractivity contribution in [2.75, 3.05) is 0 Å². The highest BCUT2D eigenvalue weighted by Crippen LogP contribution is 2.02. The van der Waals surface area contributed by atoms with Crippen molar-refractivity contribution in [1.29, 1.82) is 0 Å². The lowest BCUT2D eigenvalue weighted by Gasteiger charge is -1.90. The minimum absolute atomic E-state index is 1.10. The smallest absolute Gasteiger partial charge is 0.0273 e. The summed E-state index contributed by atoms with van der Waals surface area (Å²) in [6, 6.07) is 0. The molecule has 0 aliphatic heterocycles. The van der Waals surface area contributed by atoms with Crippen LogP contribution in [0.1, 0.15) is 40.0 Å². The quantitative estimate of drug-likeness (QED) is 0.506. The third kappa shape index (κ3) is 4.05. The molecule has 9 heavy (non-hydrogen) atoms. The number of allylic oxidation sites excluding steroid dienone is 1. The van der Waals surface area contributed by atoms with E-state index in [0.717, 1.165) is 19.3 Å². The van der Waals surface area contributed by atoms with Crippen LogP contribution in [0.25, 0.3) is 0 Å². The Bertz CT molecular complexity index is 108. The molecule has 0 unspecified atom stereocenters. The topological polar surface area (TPSA) is 0 Å². The van der Waals surface area contributed by atoms with Crippen LogP contribution in [-0.4, -0.2) is 0 Å². The van der Waals surface area contributed by atoms with Crippen LogP contribution in [0.3, 0.4) is 0 Å². The molecule has 0 rings (SSSR count). The predicted molar refractivity (Wildman–Crippen MR) is 42.5 cm³/mol. The molecule has 0 N–H and O–H groups in total. The van der Waals surface area contributed by atoms with Crippen LogP contribution in [0, 0.1) is 0 Å². The van der Waals surface area contributed by atoms with Crippen molar-refractivity contribution in [2.24, 2.45) is 0 Å². The average molecular weight is 124 g/mol. The Balaban J connectivity index is 3.89. The summed E-state index contributed by atoms with van der Waals surface area (Å²) < 4.78 is 0. The molecule has 0 saturated carbocycles. The summed E-state index contributed by atoms with van der Waals surface area (Å²) in [5.41, 5.74) is 4.69. The maximum Gasteiger partial charge on any atom is -0.0273 e. The minimum atomic E-state index is 1.10. The van der Waals surface area contributed by atoms with Gasteiger partial charge in [0.2, 0.25) is 0 Å². The van der Waals surface area contributed by atoms with Gasteiger partial charge in [-0.05, 0) is 30.9 Å². The highest BCUT2D eigenvalue weighted by molar-refractivity contribution is 4.99. The van der Waals surface area contributed by atoms with Crippen LogP contribution in [0.15, 0.2) is 17.4 Å². The molecule has 0 aliphatic carbocycles. The van der Waals surface area contributed by atoms with Crippen molar-refractivity contribution in [3.8, 4) is 0 Å². The van der Waals surface area contributed by atoms with Crippen molar-refractivity contribution in [3.63, 3.8) is 0 Å². The van der Waals surface area contributed by atoms with Crippen molar-refractivity contribution in [2.45, 2.75) is 40.0 Å². The molecule has 0 amide bonds. The lowest BCUT2D eigenvalue weighted by Crippen LogP contribution is -1.71. The molecule has 0 heterocycles. The van der Waals surface area contributed by atoms with Crippen LogP contribution in [-0.2, 0) is 0 Å². The Morgan fingerprint density at radius 3 is 2.11 bits per heavy atom. The first-order valence-corrected chi connectivity index (χ1v) is 3.78. The van der Waals surface area contributed by atoms with Gasteiger partial charge in [0.05, 0.1) is 0 Å². The Labute approximate surface area is 58.3 Å². The second-order valence-electron chi connectivity index (χ2n) is 2.07. The van der Waals surface area contributed by atoms with E-state index in [0.29, 0.717) is 0 Å². The van der Waals surface area contributed by atoms with Gasteiger partial charge in [0.25, 0.3) is 0 Å². The number of rotatable bonds is 3. The third-order valence-corrected chi connectivity index (χ3v) is 1.36. The van der Waals surface area contributed by atoms with Gasteiger partial charge in [-0.15, -0.1) is 5.73 Å². The molecular weight excluding hydrogens is 108 g/mol. The lowest BCUT2D eigenvalue weighted by atomic mass is 10.1. The molecule has 0 radical (unpaired) electrons. The van der Waals surface area contributed by atoms with E-state index in [9.17, 15) is 0 Å². The summed E-state index contributed by atoms with van der Waals surface area (Å²) in [6.07, 6.45) is 5.49. The van der Waals surface area contributed by atoms with Gasteiger partial charge in [0, 0.05) is 0 Å². The normalized spacial score (nSPS) is 8.33. The third-order valence-electron chi connectivity index (χ3n) is 1.36. The fourth-order valence-corrected chi connectivity index (χ4v) is 0.701. The highest BCUT2D eigenvalue weighted by Gasteiger charge is 1.83. The zero-order valence-electron chi connectivity index (χ0n) is 6.70. The first kappa shape index (κ1) is 8.52. The summed E-state index contributed by atoms with van der Waals surface area (Å²) in [7, 11) is 0. The fraction of sp³-hybridized carbons (Fsp3) is 0.667. The lowest BCUT2D eigenvalue weighted by molar-refractivity contribution is 0.980. The van der Waals surface area contributed by atoms with Crippen molar-refractivity contribution in [3.05, 3.63) is 17.4 Å². The van der Waals surface area contributed by atoms with Crippen LogP contribution in [0.5, 0.6) is 0 Å². The fourth-order valence-electron chi connectivity index (χ4n) is 0.701. The zero-order valence-corrected chi connectivity index (χ0v) is 6.70. The van der Waals surface area contributed by atoms with Crippen LogP contribution >= 0.6 is 0 Å². The van der Waals surface area contributed by atoms with E-state index in [1.807, 2.05) is 0 Å². The first-order chi connectivity index (χ1) is 4.35. The Hall–Kier alpha value is -0.480. The molecule has 0 saturated heterocycles. The predicted octanol–water partition coefficient (Wildman–Crippen LogP) is 3.30. The SMILES string of the molecule is CCC=C=C(CC)CC. The Morgan fingerprint density at radius 2 is 1.78 bits per heavy atom. The standard InChI is InChI=1S/C9H16/c1-4-7-8-9(5-2)6-3/h7H,4-6H2,1-3H3. The molecule has 0 aromatic carbocycles. The summed E-state index contributed by atoms with van der Waals surface area (Å²) in [5.74, 6) is 0. The summed E-state index contributed by atoms with van der Waals surface area (Å²) >= 11 is 0. The molecule has 0 spiro atoms. The van der Waals surface area contributed by atoms with E-state index in [1.165, 1.54) is 5.57 Å². The van der Waals surface area contributed by atoms with Gasteiger partial charge in [-0.25, -0.2) is 0 Å². The van der Waals surface area contributed by atoms with Gasteiger partial charge < -0.3 is 0 Å². The molecule has 0 aliphatic rings.